The van der Waals surface area contributed by atoms with Crippen LogP contribution >= 0.6 is 11.6 Å². The first-order chi connectivity index (χ1) is 9.53. The van der Waals surface area contributed by atoms with E-state index in [1.807, 2.05) is 0 Å². The molecule has 0 bridgehead atoms. The van der Waals surface area contributed by atoms with Gasteiger partial charge in [-0.25, -0.2) is 0 Å². The molecule has 0 saturated heterocycles. The van der Waals surface area contributed by atoms with Gasteiger partial charge in [0.25, 0.3) is 0 Å². The number of halogens is 1. The third kappa shape index (κ3) is 3.31. The SMILES string of the molecule is O=C(CC1(C(=O)O)CCCCC1)Nc1ccccc1Cl. The van der Waals surface area contributed by atoms with Crippen molar-refractivity contribution >= 4 is 29.2 Å². The first-order valence-corrected chi connectivity index (χ1v) is 7.19. The van der Waals surface area contributed by atoms with E-state index in [1.165, 1.54) is 0 Å². The van der Waals surface area contributed by atoms with Crippen LogP contribution in [0.4, 0.5) is 5.69 Å². The van der Waals surface area contributed by atoms with Gasteiger partial charge in [0, 0.05) is 6.42 Å². The summed E-state index contributed by atoms with van der Waals surface area (Å²) in [4.78, 5) is 23.6. The third-order valence-corrected chi connectivity index (χ3v) is 4.24. The van der Waals surface area contributed by atoms with E-state index in [4.69, 9.17) is 11.6 Å². The van der Waals surface area contributed by atoms with Gasteiger partial charge in [-0.3, -0.25) is 9.59 Å². The highest BCUT2D eigenvalue weighted by Crippen LogP contribution is 2.40. The minimum Gasteiger partial charge on any atom is -0.481 e. The minimum atomic E-state index is -0.913. The predicted molar refractivity (Wildman–Crippen MR) is 77.9 cm³/mol. The fraction of sp³-hybridized carbons (Fsp3) is 0.467. The van der Waals surface area contributed by atoms with Crippen LogP contribution in [0.5, 0.6) is 0 Å². The molecule has 1 aliphatic rings. The van der Waals surface area contributed by atoms with E-state index in [2.05, 4.69) is 5.32 Å². The maximum atomic E-state index is 12.1. The number of carboxylic acid groups (broad SMARTS) is 1. The number of amides is 1. The van der Waals surface area contributed by atoms with E-state index < -0.39 is 11.4 Å². The van der Waals surface area contributed by atoms with Crippen LogP contribution in [0, 0.1) is 5.41 Å². The third-order valence-electron chi connectivity index (χ3n) is 3.91. The lowest BCUT2D eigenvalue weighted by atomic mass is 9.71. The van der Waals surface area contributed by atoms with Crippen LogP contribution < -0.4 is 5.32 Å². The number of rotatable bonds is 4. The number of para-hydroxylation sites is 1. The number of nitrogens with one attached hydrogen (secondary N) is 1. The van der Waals surface area contributed by atoms with Crippen molar-refractivity contribution in [1.82, 2.24) is 0 Å². The van der Waals surface area contributed by atoms with Crippen LogP contribution in [0.2, 0.25) is 5.02 Å². The molecule has 1 aliphatic carbocycles. The molecule has 0 spiro atoms. The number of carbonyl (C=O) groups is 2. The molecule has 1 fully saturated rings. The van der Waals surface area contributed by atoms with Crippen molar-refractivity contribution in [3.63, 3.8) is 0 Å². The normalized spacial score (nSPS) is 17.4. The summed E-state index contributed by atoms with van der Waals surface area (Å²) >= 11 is 5.98. The van der Waals surface area contributed by atoms with Gasteiger partial charge in [-0.05, 0) is 25.0 Å². The molecular formula is C15H18ClNO3. The monoisotopic (exact) mass is 295 g/mol. The molecule has 0 aliphatic heterocycles. The van der Waals surface area contributed by atoms with E-state index in [0.29, 0.717) is 23.6 Å². The summed E-state index contributed by atoms with van der Waals surface area (Å²) in [7, 11) is 0. The van der Waals surface area contributed by atoms with Gasteiger partial charge in [0.1, 0.15) is 0 Å². The Morgan fingerprint density at radius 2 is 1.85 bits per heavy atom. The van der Waals surface area contributed by atoms with E-state index in [1.54, 1.807) is 24.3 Å². The minimum absolute atomic E-state index is 0.00750. The summed E-state index contributed by atoms with van der Waals surface area (Å²) in [6.07, 6.45) is 3.92. The molecule has 4 nitrogen and oxygen atoms in total. The molecule has 0 unspecified atom stereocenters. The molecular weight excluding hydrogens is 278 g/mol. The van der Waals surface area contributed by atoms with Crippen molar-refractivity contribution in [2.24, 2.45) is 5.41 Å². The van der Waals surface area contributed by atoms with Crippen LogP contribution in [0.1, 0.15) is 38.5 Å². The average Bonchev–Trinajstić information content (AvgIpc) is 2.42. The molecule has 1 amide bonds. The summed E-state index contributed by atoms with van der Waals surface area (Å²) in [5.74, 6) is -1.16. The number of carboxylic acids is 1. The maximum absolute atomic E-state index is 12.1. The first-order valence-electron chi connectivity index (χ1n) is 6.81. The fourth-order valence-corrected chi connectivity index (χ4v) is 2.94. The molecule has 1 aromatic carbocycles. The Balaban J connectivity index is 2.06. The summed E-state index contributed by atoms with van der Waals surface area (Å²) in [5, 5.41) is 12.6. The van der Waals surface area contributed by atoms with Gasteiger partial charge < -0.3 is 10.4 Å². The van der Waals surface area contributed by atoms with Gasteiger partial charge in [0.2, 0.25) is 5.91 Å². The number of anilines is 1. The fourth-order valence-electron chi connectivity index (χ4n) is 2.76. The molecule has 0 heterocycles. The zero-order valence-corrected chi connectivity index (χ0v) is 11.9. The maximum Gasteiger partial charge on any atom is 0.310 e. The molecule has 1 saturated carbocycles. The summed E-state index contributed by atoms with van der Waals surface area (Å²) in [6.45, 7) is 0. The molecule has 5 heteroatoms. The molecule has 1 aromatic rings. The van der Waals surface area contributed by atoms with Crippen LogP contribution in [-0.4, -0.2) is 17.0 Å². The topological polar surface area (TPSA) is 66.4 Å². The summed E-state index contributed by atoms with van der Waals surface area (Å²) in [5.41, 5.74) is -0.389. The van der Waals surface area contributed by atoms with Gasteiger partial charge in [-0.2, -0.15) is 0 Å². The molecule has 20 heavy (non-hydrogen) atoms. The van der Waals surface area contributed by atoms with Crippen LogP contribution in [0.15, 0.2) is 24.3 Å². The Labute approximate surface area is 123 Å². The lowest BCUT2D eigenvalue weighted by molar-refractivity contribution is -0.153. The predicted octanol–water partition coefficient (Wildman–Crippen LogP) is 3.70. The van der Waals surface area contributed by atoms with E-state index >= 15 is 0 Å². The highest BCUT2D eigenvalue weighted by Gasteiger charge is 2.41. The molecule has 2 rings (SSSR count). The molecule has 2 N–H and O–H groups in total. The Morgan fingerprint density at radius 3 is 2.45 bits per heavy atom. The van der Waals surface area contributed by atoms with Crippen molar-refractivity contribution in [1.29, 1.82) is 0 Å². The number of carbonyl (C=O) groups excluding carboxylic acids is 1. The second-order valence-electron chi connectivity index (χ2n) is 5.35. The average molecular weight is 296 g/mol. The molecule has 0 radical (unpaired) electrons. The van der Waals surface area contributed by atoms with Crippen molar-refractivity contribution in [3.8, 4) is 0 Å². The Morgan fingerprint density at radius 1 is 1.20 bits per heavy atom. The van der Waals surface area contributed by atoms with Gasteiger partial charge >= 0.3 is 5.97 Å². The summed E-state index contributed by atoms with van der Waals surface area (Å²) in [6, 6.07) is 6.94. The van der Waals surface area contributed by atoms with Crippen molar-refractivity contribution in [2.75, 3.05) is 5.32 Å². The Kier molecular flexibility index (Phi) is 4.65. The number of benzene rings is 1. The van der Waals surface area contributed by atoms with Gasteiger partial charge in [-0.1, -0.05) is 43.0 Å². The van der Waals surface area contributed by atoms with Crippen molar-refractivity contribution < 1.29 is 14.7 Å². The summed E-state index contributed by atoms with van der Waals surface area (Å²) < 4.78 is 0. The largest absolute Gasteiger partial charge is 0.481 e. The lowest BCUT2D eigenvalue weighted by Gasteiger charge is -2.32. The second-order valence-corrected chi connectivity index (χ2v) is 5.76. The van der Waals surface area contributed by atoms with E-state index in [9.17, 15) is 14.7 Å². The molecule has 0 aromatic heterocycles. The van der Waals surface area contributed by atoms with Crippen molar-refractivity contribution in [2.45, 2.75) is 38.5 Å². The Hall–Kier alpha value is -1.55. The first kappa shape index (κ1) is 14.9. The lowest BCUT2D eigenvalue weighted by Crippen LogP contribution is -2.37. The van der Waals surface area contributed by atoms with E-state index in [-0.39, 0.29) is 12.3 Å². The smallest absolute Gasteiger partial charge is 0.310 e. The van der Waals surface area contributed by atoms with Gasteiger partial charge in [0.15, 0.2) is 0 Å². The number of hydrogen-bond acceptors (Lipinski definition) is 2. The second kappa shape index (κ2) is 6.27. The van der Waals surface area contributed by atoms with Gasteiger partial charge in [0.05, 0.1) is 16.1 Å². The van der Waals surface area contributed by atoms with Crippen LogP contribution in [-0.2, 0) is 9.59 Å². The highest BCUT2D eigenvalue weighted by atomic mass is 35.5. The van der Waals surface area contributed by atoms with Crippen molar-refractivity contribution in [3.05, 3.63) is 29.3 Å². The number of hydrogen-bond donors (Lipinski definition) is 2. The Bertz CT molecular complexity index is 510. The zero-order valence-electron chi connectivity index (χ0n) is 11.2. The van der Waals surface area contributed by atoms with E-state index in [0.717, 1.165) is 19.3 Å². The van der Waals surface area contributed by atoms with Crippen LogP contribution in [0.25, 0.3) is 0 Å². The molecule has 0 atom stereocenters. The quantitative estimate of drug-likeness (QED) is 0.890. The number of aliphatic carboxylic acids is 1. The van der Waals surface area contributed by atoms with Crippen LogP contribution in [0.3, 0.4) is 0 Å². The highest BCUT2D eigenvalue weighted by molar-refractivity contribution is 6.33. The molecule has 108 valence electrons. The van der Waals surface area contributed by atoms with Gasteiger partial charge in [-0.15, -0.1) is 0 Å². The zero-order chi connectivity index (χ0) is 14.6. The standard InChI is InChI=1S/C15H18ClNO3/c16-11-6-2-3-7-12(11)17-13(18)10-15(14(19)20)8-4-1-5-9-15/h2-3,6-7H,1,4-5,8-10H2,(H,17,18)(H,19,20).